The lowest BCUT2D eigenvalue weighted by molar-refractivity contribution is -0.115. The molecule has 3 N–H and O–H groups in total. The number of methoxy groups -OCH3 is 1. The summed E-state index contributed by atoms with van der Waals surface area (Å²) in [5.41, 5.74) is 1.96. The van der Waals surface area contributed by atoms with Crippen LogP contribution >= 0.6 is 15.9 Å². The SMILES string of the molecule is COc1ccc(NC(C)=O)cc1NCC(=O)Nc1ccc(Br)cc1. The highest BCUT2D eigenvalue weighted by atomic mass is 79.9. The van der Waals surface area contributed by atoms with E-state index in [1.54, 1.807) is 37.4 Å². The van der Waals surface area contributed by atoms with Gasteiger partial charge in [0.15, 0.2) is 0 Å². The van der Waals surface area contributed by atoms with Crippen molar-refractivity contribution >= 4 is 44.8 Å². The van der Waals surface area contributed by atoms with Crippen LogP contribution in [-0.4, -0.2) is 25.5 Å². The molecule has 0 aliphatic carbocycles. The van der Waals surface area contributed by atoms with E-state index >= 15 is 0 Å². The van der Waals surface area contributed by atoms with Crippen molar-refractivity contribution in [2.24, 2.45) is 0 Å². The van der Waals surface area contributed by atoms with Crippen molar-refractivity contribution in [2.75, 3.05) is 29.6 Å². The highest BCUT2D eigenvalue weighted by Crippen LogP contribution is 2.27. The molecule has 7 heteroatoms. The van der Waals surface area contributed by atoms with Crippen LogP contribution in [0.1, 0.15) is 6.92 Å². The lowest BCUT2D eigenvalue weighted by atomic mass is 10.2. The van der Waals surface area contributed by atoms with E-state index in [2.05, 4.69) is 31.9 Å². The molecule has 2 aromatic rings. The van der Waals surface area contributed by atoms with E-state index in [0.29, 0.717) is 22.8 Å². The molecular weight excluding hydrogens is 374 g/mol. The van der Waals surface area contributed by atoms with Gasteiger partial charge in [0.25, 0.3) is 0 Å². The third-order valence-electron chi connectivity index (χ3n) is 3.09. The van der Waals surface area contributed by atoms with E-state index in [-0.39, 0.29) is 18.4 Å². The molecule has 0 aliphatic rings. The van der Waals surface area contributed by atoms with Crippen molar-refractivity contribution in [3.63, 3.8) is 0 Å². The lowest BCUT2D eigenvalue weighted by Gasteiger charge is -2.13. The van der Waals surface area contributed by atoms with Gasteiger partial charge in [-0.25, -0.2) is 0 Å². The number of hydrogen-bond donors (Lipinski definition) is 3. The number of nitrogens with one attached hydrogen (secondary N) is 3. The van der Waals surface area contributed by atoms with Crippen LogP contribution < -0.4 is 20.7 Å². The van der Waals surface area contributed by atoms with Gasteiger partial charge in [-0.1, -0.05) is 15.9 Å². The molecule has 126 valence electrons. The van der Waals surface area contributed by atoms with Gasteiger partial charge < -0.3 is 20.7 Å². The summed E-state index contributed by atoms with van der Waals surface area (Å²) in [6, 6.07) is 12.5. The molecule has 0 saturated heterocycles. The van der Waals surface area contributed by atoms with Gasteiger partial charge in [0, 0.05) is 22.8 Å². The number of halogens is 1. The van der Waals surface area contributed by atoms with Crippen LogP contribution in [-0.2, 0) is 9.59 Å². The van der Waals surface area contributed by atoms with Crippen LogP contribution in [0.2, 0.25) is 0 Å². The maximum Gasteiger partial charge on any atom is 0.243 e. The molecule has 2 aromatic carbocycles. The molecule has 0 aliphatic heterocycles. The van der Waals surface area contributed by atoms with Gasteiger partial charge in [0.05, 0.1) is 19.3 Å². The highest BCUT2D eigenvalue weighted by Gasteiger charge is 2.08. The normalized spacial score (nSPS) is 9.96. The largest absolute Gasteiger partial charge is 0.495 e. The molecule has 0 heterocycles. The zero-order valence-electron chi connectivity index (χ0n) is 13.4. The Balaban J connectivity index is 2.00. The molecule has 2 amide bonds. The summed E-state index contributed by atoms with van der Waals surface area (Å²) in [5.74, 6) is 0.226. The van der Waals surface area contributed by atoms with E-state index in [4.69, 9.17) is 4.74 Å². The van der Waals surface area contributed by atoms with Gasteiger partial charge in [-0.3, -0.25) is 9.59 Å². The molecule has 0 radical (unpaired) electrons. The Hall–Kier alpha value is -2.54. The summed E-state index contributed by atoms with van der Waals surface area (Å²) in [4.78, 5) is 23.2. The molecule has 0 saturated carbocycles. The lowest BCUT2D eigenvalue weighted by Crippen LogP contribution is -2.22. The quantitative estimate of drug-likeness (QED) is 0.704. The summed E-state index contributed by atoms with van der Waals surface area (Å²) in [6.07, 6.45) is 0. The first-order valence-corrected chi connectivity index (χ1v) is 8.02. The molecule has 0 unspecified atom stereocenters. The van der Waals surface area contributed by atoms with Crippen LogP contribution in [0, 0.1) is 0 Å². The van der Waals surface area contributed by atoms with Gasteiger partial charge in [0.1, 0.15) is 5.75 Å². The number of carbonyl (C=O) groups excluding carboxylic acids is 2. The Bertz CT molecular complexity index is 732. The molecule has 6 nitrogen and oxygen atoms in total. The molecule has 24 heavy (non-hydrogen) atoms. The first kappa shape index (κ1) is 17.8. The minimum Gasteiger partial charge on any atom is -0.495 e. The standard InChI is InChI=1S/C17H18BrN3O3/c1-11(22)20-14-7-8-16(24-2)15(9-14)19-10-17(23)21-13-5-3-12(18)4-6-13/h3-9,19H,10H2,1-2H3,(H,20,22)(H,21,23). The smallest absolute Gasteiger partial charge is 0.243 e. The average Bonchev–Trinajstić information content (AvgIpc) is 2.55. The maximum absolute atomic E-state index is 12.0. The van der Waals surface area contributed by atoms with Gasteiger partial charge in [-0.05, 0) is 42.5 Å². The number of ether oxygens (including phenoxy) is 1. The number of carbonyl (C=O) groups is 2. The van der Waals surface area contributed by atoms with Crippen LogP contribution in [0.5, 0.6) is 5.75 Å². The van der Waals surface area contributed by atoms with Crippen molar-refractivity contribution in [1.29, 1.82) is 0 Å². The first-order chi connectivity index (χ1) is 11.5. The number of benzene rings is 2. The zero-order chi connectivity index (χ0) is 17.5. The van der Waals surface area contributed by atoms with Gasteiger partial charge >= 0.3 is 0 Å². The molecule has 2 rings (SSSR count). The summed E-state index contributed by atoms with van der Waals surface area (Å²) in [7, 11) is 1.54. The molecule has 0 spiro atoms. The predicted octanol–water partition coefficient (Wildman–Crippen LogP) is 3.47. The Kier molecular flexibility index (Phi) is 6.20. The fourth-order valence-corrected chi connectivity index (χ4v) is 2.31. The van der Waals surface area contributed by atoms with Crippen LogP contribution in [0.3, 0.4) is 0 Å². The Morgan fingerprint density at radius 3 is 2.33 bits per heavy atom. The fourth-order valence-electron chi connectivity index (χ4n) is 2.04. The third-order valence-corrected chi connectivity index (χ3v) is 3.62. The number of amides is 2. The average molecular weight is 392 g/mol. The Morgan fingerprint density at radius 1 is 1.04 bits per heavy atom. The maximum atomic E-state index is 12.0. The molecule has 0 fully saturated rings. The first-order valence-electron chi connectivity index (χ1n) is 7.23. The molecule has 0 aromatic heterocycles. The monoisotopic (exact) mass is 391 g/mol. The van der Waals surface area contributed by atoms with Crippen LogP contribution in [0.15, 0.2) is 46.9 Å². The summed E-state index contributed by atoms with van der Waals surface area (Å²) in [6.45, 7) is 1.50. The van der Waals surface area contributed by atoms with Crippen LogP contribution in [0.25, 0.3) is 0 Å². The molecule has 0 atom stereocenters. The Labute approximate surface area is 148 Å². The zero-order valence-corrected chi connectivity index (χ0v) is 14.9. The van der Waals surface area contributed by atoms with E-state index in [0.717, 1.165) is 4.47 Å². The summed E-state index contributed by atoms with van der Waals surface area (Å²) < 4.78 is 6.20. The van der Waals surface area contributed by atoms with Crippen molar-refractivity contribution in [2.45, 2.75) is 6.92 Å². The highest BCUT2D eigenvalue weighted by molar-refractivity contribution is 9.10. The van der Waals surface area contributed by atoms with Gasteiger partial charge in [0.2, 0.25) is 11.8 Å². The van der Waals surface area contributed by atoms with E-state index in [9.17, 15) is 9.59 Å². The van der Waals surface area contributed by atoms with Gasteiger partial charge in [-0.15, -0.1) is 0 Å². The van der Waals surface area contributed by atoms with Crippen molar-refractivity contribution in [3.05, 3.63) is 46.9 Å². The molecular formula is C17H18BrN3O3. The van der Waals surface area contributed by atoms with E-state index in [1.165, 1.54) is 6.92 Å². The number of anilines is 3. The minimum absolute atomic E-state index is 0.0654. The predicted molar refractivity (Wildman–Crippen MR) is 98.6 cm³/mol. The third kappa shape index (κ3) is 5.27. The van der Waals surface area contributed by atoms with Crippen LogP contribution in [0.4, 0.5) is 17.1 Å². The van der Waals surface area contributed by atoms with Crippen molar-refractivity contribution in [3.8, 4) is 5.75 Å². The number of rotatable bonds is 6. The summed E-state index contributed by atoms with van der Waals surface area (Å²) >= 11 is 3.34. The minimum atomic E-state index is -0.190. The van der Waals surface area contributed by atoms with E-state index < -0.39 is 0 Å². The van der Waals surface area contributed by atoms with Gasteiger partial charge in [-0.2, -0.15) is 0 Å². The number of hydrogen-bond acceptors (Lipinski definition) is 4. The Morgan fingerprint density at radius 2 is 1.71 bits per heavy atom. The van der Waals surface area contributed by atoms with Crippen molar-refractivity contribution < 1.29 is 14.3 Å². The molecule has 0 bridgehead atoms. The second kappa shape index (κ2) is 8.35. The second-order valence-electron chi connectivity index (χ2n) is 5.00. The topological polar surface area (TPSA) is 79.5 Å². The summed E-state index contributed by atoms with van der Waals surface area (Å²) in [5, 5.41) is 8.49. The fraction of sp³-hybridized carbons (Fsp3) is 0.176. The van der Waals surface area contributed by atoms with E-state index in [1.807, 2.05) is 12.1 Å². The second-order valence-corrected chi connectivity index (χ2v) is 5.92. The van der Waals surface area contributed by atoms with Crippen molar-refractivity contribution in [1.82, 2.24) is 0 Å².